The van der Waals surface area contributed by atoms with Crippen LogP contribution in [0.1, 0.15) is 51.9 Å². The number of para-hydroxylation sites is 1. The summed E-state index contributed by atoms with van der Waals surface area (Å²) in [4.78, 5) is 60.2. The first-order chi connectivity index (χ1) is 27.9. The molecule has 0 radical (unpaired) electrons. The number of ketones is 1. The first kappa shape index (κ1) is 38.8. The van der Waals surface area contributed by atoms with Crippen LogP contribution in [0.4, 0.5) is 0 Å². The second-order valence-corrected chi connectivity index (χ2v) is 17.2. The van der Waals surface area contributed by atoms with E-state index in [1.54, 1.807) is 63.5 Å². The lowest BCUT2D eigenvalue weighted by molar-refractivity contribution is -0.205. The van der Waals surface area contributed by atoms with Crippen molar-refractivity contribution in [1.82, 2.24) is 23.8 Å². The molecule has 2 atom stereocenters. The fourth-order valence-corrected chi connectivity index (χ4v) is 9.61. The number of piperazine rings is 1. The third kappa shape index (κ3) is 7.43. The lowest BCUT2D eigenvalue weighted by atomic mass is 9.97. The molecule has 8 rings (SSSR count). The Labute approximate surface area is 337 Å². The van der Waals surface area contributed by atoms with E-state index in [4.69, 9.17) is 0 Å². The summed E-state index contributed by atoms with van der Waals surface area (Å²) in [5.74, 6) is -1.16. The molecule has 3 aliphatic rings. The molecule has 3 heterocycles. The van der Waals surface area contributed by atoms with Gasteiger partial charge in [0.1, 0.15) is 18.0 Å². The number of benzene rings is 4. The number of hydrogen-bond acceptors (Lipinski definition) is 8. The van der Waals surface area contributed by atoms with Crippen LogP contribution in [0, 0.1) is 12.8 Å². The highest BCUT2D eigenvalue weighted by Gasteiger charge is 2.51. The first-order valence-corrected chi connectivity index (χ1v) is 21.0. The maximum absolute atomic E-state index is 14.8. The molecule has 3 amide bonds. The topological polar surface area (TPSA) is 141 Å². The van der Waals surface area contributed by atoms with Gasteiger partial charge in [-0.3, -0.25) is 19.2 Å². The molecular formula is C45H45N5O7S. The Bertz CT molecular complexity index is 2510. The number of hydrazine groups is 1. The summed E-state index contributed by atoms with van der Waals surface area (Å²) in [6, 6.07) is 26.8. The number of carbonyl (C=O) groups excluding carboxylic acids is 4. The summed E-state index contributed by atoms with van der Waals surface area (Å²) in [6.07, 6.45) is 4.35. The normalized spacial score (nSPS) is 18.7. The zero-order chi connectivity index (χ0) is 40.7. The van der Waals surface area contributed by atoms with E-state index in [1.807, 2.05) is 37.3 Å². The quantitative estimate of drug-likeness (QED) is 0.122. The van der Waals surface area contributed by atoms with E-state index < -0.39 is 22.2 Å². The summed E-state index contributed by atoms with van der Waals surface area (Å²) in [5, 5.41) is 13.7. The number of phenolic OH excluding ortho intramolecular Hbond substituents is 1. The molecule has 4 aromatic carbocycles. The maximum Gasteiger partial charge on any atom is 0.268 e. The number of rotatable bonds is 13. The molecule has 1 saturated carbocycles. The number of aromatic nitrogens is 1. The van der Waals surface area contributed by atoms with Gasteiger partial charge in [0.05, 0.1) is 23.5 Å². The van der Waals surface area contributed by atoms with Gasteiger partial charge < -0.3 is 14.9 Å². The summed E-state index contributed by atoms with van der Waals surface area (Å²) < 4.78 is 30.0. The average molecular weight is 800 g/mol. The molecule has 3 fully saturated rings. The molecule has 12 nitrogen and oxygen atoms in total. The Morgan fingerprint density at radius 2 is 1.62 bits per heavy atom. The van der Waals surface area contributed by atoms with Crippen LogP contribution in [0.3, 0.4) is 0 Å². The molecule has 298 valence electrons. The molecule has 0 spiro atoms. The molecule has 2 saturated heterocycles. The molecule has 0 bridgehead atoms. The third-order valence-electron chi connectivity index (χ3n) is 11.3. The number of amides is 3. The highest BCUT2D eigenvalue weighted by atomic mass is 32.2. The number of phenols is 1. The number of nitrogens with zero attached hydrogens (tertiary/aromatic N) is 5. The predicted octanol–water partition coefficient (Wildman–Crippen LogP) is 5.47. The third-order valence-corrected chi connectivity index (χ3v) is 13.0. The molecule has 58 heavy (non-hydrogen) atoms. The summed E-state index contributed by atoms with van der Waals surface area (Å²) in [7, 11) is -4.20. The van der Waals surface area contributed by atoms with E-state index >= 15 is 0 Å². The summed E-state index contributed by atoms with van der Waals surface area (Å²) in [6.45, 7) is 5.69. The summed E-state index contributed by atoms with van der Waals surface area (Å²) in [5.41, 5.74) is 3.66. The Morgan fingerprint density at radius 1 is 0.897 bits per heavy atom. The van der Waals surface area contributed by atoms with Gasteiger partial charge in [0.25, 0.3) is 10.0 Å². The fraction of sp³-hybridized carbons (Fsp3) is 0.289. The van der Waals surface area contributed by atoms with Crippen LogP contribution in [-0.2, 0) is 43.8 Å². The van der Waals surface area contributed by atoms with Crippen molar-refractivity contribution in [2.45, 2.75) is 62.7 Å². The summed E-state index contributed by atoms with van der Waals surface area (Å²) >= 11 is 0. The highest BCUT2D eigenvalue weighted by molar-refractivity contribution is 7.90. The minimum atomic E-state index is -4.20. The minimum Gasteiger partial charge on any atom is -0.508 e. The van der Waals surface area contributed by atoms with Gasteiger partial charge in [-0.15, -0.1) is 6.58 Å². The maximum atomic E-state index is 14.8. The monoisotopic (exact) mass is 799 g/mol. The predicted molar refractivity (Wildman–Crippen MR) is 218 cm³/mol. The van der Waals surface area contributed by atoms with Gasteiger partial charge in [0.2, 0.25) is 17.7 Å². The first-order valence-electron chi connectivity index (χ1n) is 19.5. The van der Waals surface area contributed by atoms with Crippen molar-refractivity contribution in [3.63, 3.8) is 0 Å². The molecular weight excluding hydrogens is 755 g/mol. The molecule has 1 N–H and O–H groups in total. The highest BCUT2D eigenvalue weighted by Crippen LogP contribution is 2.38. The largest absolute Gasteiger partial charge is 0.508 e. The lowest BCUT2D eigenvalue weighted by Gasteiger charge is -2.55. The SMILES string of the molecule is C=CCN1CC(=O)N2[C@@H](Cc3ccc(O)cc3)C(=O)N(Cc3cccc4c(C(=O)C5CC5)cn(S(=O)(=O)c5ccc(C)cc5)c34)C[C@@H]2N1C(=O)CCc1ccccc1. The fourth-order valence-electron chi connectivity index (χ4n) is 8.20. The zero-order valence-electron chi connectivity index (χ0n) is 32.2. The van der Waals surface area contributed by atoms with E-state index in [2.05, 4.69) is 6.58 Å². The van der Waals surface area contributed by atoms with Crippen LogP contribution in [0.25, 0.3) is 10.9 Å². The van der Waals surface area contributed by atoms with Crippen molar-refractivity contribution < 1.29 is 32.7 Å². The van der Waals surface area contributed by atoms with Crippen LogP contribution < -0.4 is 0 Å². The van der Waals surface area contributed by atoms with Gasteiger partial charge in [-0.25, -0.2) is 22.4 Å². The second kappa shape index (κ2) is 15.7. The number of aryl methyl sites for hydroxylation is 2. The van der Waals surface area contributed by atoms with E-state index in [1.165, 1.54) is 39.3 Å². The number of fused-ring (bicyclic) bond motifs is 2. The Morgan fingerprint density at radius 3 is 2.31 bits per heavy atom. The number of carbonyl (C=O) groups is 4. The van der Waals surface area contributed by atoms with Gasteiger partial charge in [-0.1, -0.05) is 84.4 Å². The van der Waals surface area contributed by atoms with Crippen molar-refractivity contribution in [2.24, 2.45) is 5.92 Å². The molecule has 1 aliphatic carbocycles. The van der Waals surface area contributed by atoms with Crippen molar-refractivity contribution in [1.29, 1.82) is 0 Å². The minimum absolute atomic E-state index is 0.0544. The Kier molecular flexibility index (Phi) is 10.5. The number of aromatic hydroxyl groups is 1. The van der Waals surface area contributed by atoms with Crippen LogP contribution in [0.5, 0.6) is 5.75 Å². The molecule has 1 aromatic heterocycles. The Hall–Kier alpha value is -6.05. The molecule has 0 unspecified atom stereocenters. The molecule has 5 aromatic rings. The van der Waals surface area contributed by atoms with Crippen molar-refractivity contribution >= 4 is 44.4 Å². The van der Waals surface area contributed by atoms with Crippen LogP contribution >= 0.6 is 0 Å². The van der Waals surface area contributed by atoms with Crippen molar-refractivity contribution in [3.05, 3.63) is 144 Å². The lowest BCUT2D eigenvalue weighted by Crippen LogP contribution is -2.75. The number of Topliss-reactive ketones (excluding diaryl/α,β-unsaturated/α-hetero) is 1. The van der Waals surface area contributed by atoms with Crippen molar-refractivity contribution in [2.75, 3.05) is 19.6 Å². The van der Waals surface area contributed by atoms with Gasteiger partial charge in [0, 0.05) is 49.0 Å². The van der Waals surface area contributed by atoms with Crippen LogP contribution in [0.15, 0.2) is 121 Å². The van der Waals surface area contributed by atoms with Gasteiger partial charge in [-0.05, 0) is 67.1 Å². The standard InChI is InChI=1S/C45H45N5O7S/c1-3-24-47-29-42(53)49-39(25-32-14-19-35(51)20-15-32)45(55)46(28-40(49)50(47)41(52)23-16-31-8-5-4-6-9-31)26-34-10-7-11-37-38(44(54)33-17-18-33)27-48(43(34)37)58(56,57)36-21-12-30(2)13-22-36/h3-15,19-22,27,33,39-40,51H,1,16-18,23-26,28-29H2,2H3/t39-,40-/m0/s1. The molecule has 13 heteroatoms. The van der Waals surface area contributed by atoms with Gasteiger partial charge in [0.15, 0.2) is 5.78 Å². The van der Waals surface area contributed by atoms with E-state index in [9.17, 15) is 32.7 Å². The van der Waals surface area contributed by atoms with Crippen LogP contribution in [0.2, 0.25) is 0 Å². The van der Waals surface area contributed by atoms with Crippen molar-refractivity contribution in [3.8, 4) is 5.75 Å². The van der Waals surface area contributed by atoms with E-state index in [0.29, 0.717) is 34.0 Å². The second-order valence-electron chi connectivity index (χ2n) is 15.4. The number of hydrogen-bond donors (Lipinski definition) is 1. The van der Waals surface area contributed by atoms with E-state index in [-0.39, 0.29) is 79.1 Å². The average Bonchev–Trinajstić information content (AvgIpc) is 3.99. The van der Waals surface area contributed by atoms with Gasteiger partial charge in [-0.2, -0.15) is 0 Å². The smallest absolute Gasteiger partial charge is 0.268 e. The van der Waals surface area contributed by atoms with Gasteiger partial charge >= 0.3 is 0 Å². The molecule has 2 aliphatic heterocycles. The van der Waals surface area contributed by atoms with E-state index in [0.717, 1.165) is 24.0 Å². The zero-order valence-corrected chi connectivity index (χ0v) is 33.1. The Balaban J connectivity index is 1.22. The van der Waals surface area contributed by atoms with Crippen LogP contribution in [-0.4, -0.2) is 92.7 Å².